The summed E-state index contributed by atoms with van der Waals surface area (Å²) >= 11 is 0. The van der Waals surface area contributed by atoms with E-state index in [-0.39, 0.29) is 0 Å². The summed E-state index contributed by atoms with van der Waals surface area (Å²) in [6.45, 7) is 2.06. The fourth-order valence-electron chi connectivity index (χ4n) is 1.35. The molecule has 80 valence electrons. The fraction of sp³-hybridized carbons (Fsp3) is 0.0769. The standard InChI is InChI=1S/C13H13N3/c1-11-5-4-6-12(9-11)10-15-16-13-7-2-3-8-14-13/h2-10H,1H3,(H,14,16)/b15-10-. The maximum Gasteiger partial charge on any atom is 0.146 e. The fourth-order valence-corrected chi connectivity index (χ4v) is 1.35. The van der Waals surface area contributed by atoms with Crippen LogP contribution in [0, 0.1) is 6.92 Å². The molecule has 3 nitrogen and oxygen atoms in total. The van der Waals surface area contributed by atoms with Crippen LogP contribution in [0.4, 0.5) is 5.82 Å². The summed E-state index contributed by atoms with van der Waals surface area (Å²) in [5.41, 5.74) is 5.17. The van der Waals surface area contributed by atoms with Crippen molar-refractivity contribution in [1.82, 2.24) is 4.98 Å². The SMILES string of the molecule is Cc1cccc(/C=N\Nc2ccccn2)c1. The Bertz CT molecular complexity index is 478. The van der Waals surface area contributed by atoms with Gasteiger partial charge in [0, 0.05) is 6.20 Å². The van der Waals surface area contributed by atoms with Crippen molar-refractivity contribution in [2.24, 2.45) is 5.10 Å². The summed E-state index contributed by atoms with van der Waals surface area (Å²) in [6.07, 6.45) is 3.51. The van der Waals surface area contributed by atoms with E-state index in [1.165, 1.54) is 5.56 Å². The predicted molar refractivity (Wildman–Crippen MR) is 66.6 cm³/mol. The largest absolute Gasteiger partial charge is 0.261 e. The number of nitrogens with one attached hydrogen (secondary N) is 1. The van der Waals surface area contributed by atoms with Gasteiger partial charge in [-0.05, 0) is 24.6 Å². The molecule has 0 aliphatic rings. The molecule has 0 spiro atoms. The molecule has 0 amide bonds. The lowest BCUT2D eigenvalue weighted by Crippen LogP contribution is -1.92. The van der Waals surface area contributed by atoms with Crippen LogP contribution in [0.2, 0.25) is 0 Å². The maximum atomic E-state index is 4.12. The van der Waals surface area contributed by atoms with Crippen molar-refractivity contribution in [3.8, 4) is 0 Å². The van der Waals surface area contributed by atoms with Crippen molar-refractivity contribution >= 4 is 12.0 Å². The molecular formula is C13H13N3. The number of nitrogens with zero attached hydrogens (tertiary/aromatic N) is 2. The number of hydrazone groups is 1. The molecule has 2 aromatic rings. The van der Waals surface area contributed by atoms with E-state index in [1.807, 2.05) is 30.3 Å². The Morgan fingerprint density at radius 3 is 2.88 bits per heavy atom. The van der Waals surface area contributed by atoms with Crippen LogP contribution < -0.4 is 5.43 Å². The molecule has 2 rings (SSSR count). The van der Waals surface area contributed by atoms with Crippen LogP contribution in [-0.4, -0.2) is 11.2 Å². The Balaban J connectivity index is 2.00. The Kier molecular flexibility index (Phi) is 3.28. The second-order valence-corrected chi connectivity index (χ2v) is 3.50. The lowest BCUT2D eigenvalue weighted by atomic mass is 10.2. The van der Waals surface area contributed by atoms with Crippen LogP contribution in [0.3, 0.4) is 0 Å². The lowest BCUT2D eigenvalue weighted by Gasteiger charge is -1.98. The first-order chi connectivity index (χ1) is 7.84. The summed E-state index contributed by atoms with van der Waals surface area (Å²) in [4.78, 5) is 4.10. The zero-order valence-electron chi connectivity index (χ0n) is 9.09. The zero-order valence-corrected chi connectivity index (χ0v) is 9.09. The number of rotatable bonds is 3. The van der Waals surface area contributed by atoms with Gasteiger partial charge in [0.05, 0.1) is 6.21 Å². The molecule has 0 unspecified atom stereocenters. The lowest BCUT2D eigenvalue weighted by molar-refractivity contribution is 1.23. The molecule has 0 bridgehead atoms. The van der Waals surface area contributed by atoms with Crippen molar-refractivity contribution in [2.45, 2.75) is 6.92 Å². The van der Waals surface area contributed by atoms with Crippen molar-refractivity contribution in [3.05, 3.63) is 59.8 Å². The van der Waals surface area contributed by atoms with E-state index in [2.05, 4.69) is 34.6 Å². The minimum Gasteiger partial charge on any atom is -0.261 e. The van der Waals surface area contributed by atoms with E-state index in [4.69, 9.17) is 0 Å². The third-order valence-corrected chi connectivity index (χ3v) is 2.10. The second-order valence-electron chi connectivity index (χ2n) is 3.50. The Hall–Kier alpha value is -2.16. The van der Waals surface area contributed by atoms with Crippen LogP contribution in [0.5, 0.6) is 0 Å². The van der Waals surface area contributed by atoms with E-state index in [1.54, 1.807) is 12.4 Å². The number of benzene rings is 1. The van der Waals surface area contributed by atoms with Crippen molar-refractivity contribution in [2.75, 3.05) is 5.43 Å². The van der Waals surface area contributed by atoms with Gasteiger partial charge in [-0.2, -0.15) is 5.10 Å². The average Bonchev–Trinajstić information content (AvgIpc) is 2.30. The van der Waals surface area contributed by atoms with Crippen molar-refractivity contribution in [1.29, 1.82) is 0 Å². The maximum absolute atomic E-state index is 4.12. The molecule has 0 aliphatic heterocycles. The van der Waals surface area contributed by atoms with Gasteiger partial charge in [-0.1, -0.05) is 35.9 Å². The van der Waals surface area contributed by atoms with Gasteiger partial charge >= 0.3 is 0 Å². The van der Waals surface area contributed by atoms with Gasteiger partial charge in [0.25, 0.3) is 0 Å². The molecule has 0 atom stereocenters. The molecule has 0 aliphatic carbocycles. The van der Waals surface area contributed by atoms with Crippen molar-refractivity contribution in [3.63, 3.8) is 0 Å². The van der Waals surface area contributed by atoms with Crippen LogP contribution in [0.25, 0.3) is 0 Å². The molecule has 1 heterocycles. The van der Waals surface area contributed by atoms with E-state index < -0.39 is 0 Å². The molecule has 0 saturated carbocycles. The number of aromatic nitrogens is 1. The molecule has 1 aromatic heterocycles. The van der Waals surface area contributed by atoms with E-state index in [0.29, 0.717) is 0 Å². The topological polar surface area (TPSA) is 37.3 Å². The molecule has 1 N–H and O–H groups in total. The van der Waals surface area contributed by atoms with Crippen LogP contribution in [0.15, 0.2) is 53.8 Å². The third-order valence-electron chi connectivity index (χ3n) is 2.10. The minimum atomic E-state index is 0.742. The van der Waals surface area contributed by atoms with Gasteiger partial charge < -0.3 is 0 Å². The van der Waals surface area contributed by atoms with E-state index in [0.717, 1.165) is 11.4 Å². The first-order valence-corrected chi connectivity index (χ1v) is 5.11. The molecule has 3 heteroatoms. The highest BCUT2D eigenvalue weighted by Crippen LogP contribution is 2.02. The molecule has 0 radical (unpaired) electrons. The Labute approximate surface area is 94.9 Å². The molecule has 16 heavy (non-hydrogen) atoms. The van der Waals surface area contributed by atoms with E-state index >= 15 is 0 Å². The number of hydrogen-bond acceptors (Lipinski definition) is 3. The van der Waals surface area contributed by atoms with Gasteiger partial charge in [-0.15, -0.1) is 0 Å². The highest BCUT2D eigenvalue weighted by Gasteiger charge is 1.89. The van der Waals surface area contributed by atoms with Crippen molar-refractivity contribution < 1.29 is 0 Å². The van der Waals surface area contributed by atoms with Gasteiger partial charge in [0.15, 0.2) is 0 Å². The Morgan fingerprint density at radius 1 is 1.19 bits per heavy atom. The normalized spacial score (nSPS) is 10.6. The number of anilines is 1. The first-order valence-electron chi connectivity index (χ1n) is 5.11. The summed E-state index contributed by atoms with van der Waals surface area (Å²) in [6, 6.07) is 13.8. The summed E-state index contributed by atoms with van der Waals surface area (Å²) in [5, 5.41) is 4.12. The van der Waals surface area contributed by atoms with Gasteiger partial charge in [0.2, 0.25) is 0 Å². The smallest absolute Gasteiger partial charge is 0.146 e. The van der Waals surface area contributed by atoms with Gasteiger partial charge in [-0.3, -0.25) is 5.43 Å². The average molecular weight is 211 g/mol. The van der Waals surface area contributed by atoms with E-state index in [9.17, 15) is 0 Å². The third kappa shape index (κ3) is 2.92. The summed E-state index contributed by atoms with van der Waals surface area (Å²) in [7, 11) is 0. The predicted octanol–water partition coefficient (Wildman–Crippen LogP) is 2.84. The van der Waals surface area contributed by atoms with Gasteiger partial charge in [0.1, 0.15) is 5.82 Å². The molecule has 0 fully saturated rings. The summed E-state index contributed by atoms with van der Waals surface area (Å²) in [5.74, 6) is 0.742. The number of aryl methyl sites for hydroxylation is 1. The summed E-state index contributed by atoms with van der Waals surface area (Å²) < 4.78 is 0. The number of pyridine rings is 1. The van der Waals surface area contributed by atoms with Crippen LogP contribution in [0.1, 0.15) is 11.1 Å². The quantitative estimate of drug-likeness (QED) is 0.626. The van der Waals surface area contributed by atoms with Crippen LogP contribution in [-0.2, 0) is 0 Å². The Morgan fingerprint density at radius 2 is 2.12 bits per heavy atom. The monoisotopic (exact) mass is 211 g/mol. The molecule has 1 aromatic carbocycles. The molecular weight excluding hydrogens is 198 g/mol. The second kappa shape index (κ2) is 5.07. The molecule has 0 saturated heterocycles. The number of hydrogen-bond donors (Lipinski definition) is 1. The minimum absolute atomic E-state index is 0.742. The van der Waals surface area contributed by atoms with Gasteiger partial charge in [-0.25, -0.2) is 4.98 Å². The highest BCUT2D eigenvalue weighted by molar-refractivity contribution is 5.80. The first kappa shape index (κ1) is 10.4. The highest BCUT2D eigenvalue weighted by atomic mass is 15.3. The van der Waals surface area contributed by atoms with Crippen LogP contribution >= 0.6 is 0 Å². The zero-order chi connectivity index (χ0) is 11.2.